The highest BCUT2D eigenvalue weighted by Crippen LogP contribution is 2.26. The van der Waals surface area contributed by atoms with Crippen molar-refractivity contribution in [2.45, 2.75) is 12.3 Å². The Bertz CT molecular complexity index is 360. The molecule has 0 aromatic carbocycles. The first-order valence-corrected chi connectivity index (χ1v) is 4.39. The van der Waals surface area contributed by atoms with Gasteiger partial charge in [0.1, 0.15) is 0 Å². The molecule has 0 spiro atoms. The van der Waals surface area contributed by atoms with Crippen LogP contribution in [0, 0.1) is 0 Å². The maximum Gasteiger partial charge on any atom is 0.0925 e. The summed E-state index contributed by atoms with van der Waals surface area (Å²) in [4.78, 5) is 0. The molecule has 1 unspecified atom stereocenters. The second kappa shape index (κ2) is 3.09. The average Bonchev–Trinajstić information content (AvgIpc) is 2.47. The van der Waals surface area contributed by atoms with Crippen molar-refractivity contribution in [3.05, 3.63) is 36.2 Å². The van der Waals surface area contributed by atoms with Crippen molar-refractivity contribution < 1.29 is 0 Å². The van der Waals surface area contributed by atoms with E-state index in [0.717, 1.165) is 17.8 Å². The van der Waals surface area contributed by atoms with Crippen LogP contribution in [0.15, 0.2) is 30.5 Å². The molecule has 1 heterocycles. The van der Waals surface area contributed by atoms with Gasteiger partial charge < -0.3 is 5.73 Å². The first kappa shape index (κ1) is 8.10. The van der Waals surface area contributed by atoms with E-state index in [0.29, 0.717) is 5.92 Å². The molecule has 68 valence electrons. The summed E-state index contributed by atoms with van der Waals surface area (Å²) < 4.78 is 1.76. The Morgan fingerprint density at radius 3 is 2.92 bits per heavy atom. The number of aryl methyl sites for hydroxylation is 1. The standard InChI is InChI=1S/C10H13N3/c1-13-7-9(11)10(12-13)8-5-3-2-4-6-8/h2-5,7-8H,6,11H2,1H3. The summed E-state index contributed by atoms with van der Waals surface area (Å²) in [6, 6.07) is 0. The van der Waals surface area contributed by atoms with Gasteiger partial charge in [-0.3, -0.25) is 4.68 Å². The Morgan fingerprint density at radius 1 is 1.54 bits per heavy atom. The van der Waals surface area contributed by atoms with Crippen LogP contribution >= 0.6 is 0 Å². The maximum absolute atomic E-state index is 5.83. The number of nitrogen functional groups attached to an aromatic ring is 1. The molecule has 0 aliphatic heterocycles. The molecule has 1 aliphatic rings. The third-order valence-electron chi connectivity index (χ3n) is 2.22. The number of anilines is 1. The van der Waals surface area contributed by atoms with Gasteiger partial charge in [-0.1, -0.05) is 24.3 Å². The van der Waals surface area contributed by atoms with Crippen LogP contribution in [-0.2, 0) is 7.05 Å². The van der Waals surface area contributed by atoms with Gasteiger partial charge in [0.05, 0.1) is 11.4 Å². The van der Waals surface area contributed by atoms with Crippen molar-refractivity contribution in [1.82, 2.24) is 9.78 Å². The number of nitrogens with two attached hydrogens (primary N) is 1. The Morgan fingerprint density at radius 2 is 2.38 bits per heavy atom. The van der Waals surface area contributed by atoms with Crippen LogP contribution in [0.1, 0.15) is 18.0 Å². The Hall–Kier alpha value is -1.51. The van der Waals surface area contributed by atoms with Gasteiger partial charge in [0.15, 0.2) is 0 Å². The van der Waals surface area contributed by atoms with Crippen LogP contribution in [0.4, 0.5) is 5.69 Å². The van der Waals surface area contributed by atoms with Crippen LogP contribution in [0.25, 0.3) is 0 Å². The molecule has 2 rings (SSSR count). The minimum absolute atomic E-state index is 0.353. The van der Waals surface area contributed by atoms with Crippen LogP contribution < -0.4 is 5.73 Å². The highest BCUT2D eigenvalue weighted by Gasteiger charge is 2.14. The molecule has 0 bridgehead atoms. The minimum Gasteiger partial charge on any atom is -0.396 e. The third-order valence-corrected chi connectivity index (χ3v) is 2.22. The lowest BCUT2D eigenvalue weighted by Gasteiger charge is -2.10. The summed E-state index contributed by atoms with van der Waals surface area (Å²) in [5.41, 5.74) is 7.60. The molecular weight excluding hydrogens is 162 g/mol. The highest BCUT2D eigenvalue weighted by molar-refractivity contribution is 5.45. The van der Waals surface area contributed by atoms with E-state index in [4.69, 9.17) is 5.73 Å². The molecule has 0 radical (unpaired) electrons. The quantitative estimate of drug-likeness (QED) is 0.704. The molecule has 3 heteroatoms. The maximum atomic E-state index is 5.83. The molecule has 0 amide bonds. The van der Waals surface area contributed by atoms with Gasteiger partial charge in [0.25, 0.3) is 0 Å². The second-order valence-corrected chi connectivity index (χ2v) is 3.30. The number of hydrogen-bond acceptors (Lipinski definition) is 2. The second-order valence-electron chi connectivity index (χ2n) is 3.30. The molecule has 1 aromatic heterocycles. The molecule has 13 heavy (non-hydrogen) atoms. The fraction of sp³-hybridized carbons (Fsp3) is 0.300. The summed E-state index contributed by atoms with van der Waals surface area (Å²) in [6.07, 6.45) is 11.2. The molecule has 1 aromatic rings. The Labute approximate surface area is 77.5 Å². The first-order chi connectivity index (χ1) is 6.27. The molecular formula is C10H13N3. The summed E-state index contributed by atoms with van der Waals surface area (Å²) in [5.74, 6) is 0.353. The largest absolute Gasteiger partial charge is 0.396 e. The van der Waals surface area contributed by atoms with E-state index < -0.39 is 0 Å². The molecule has 3 nitrogen and oxygen atoms in total. The predicted molar refractivity (Wildman–Crippen MR) is 53.3 cm³/mol. The molecule has 2 N–H and O–H groups in total. The van der Waals surface area contributed by atoms with E-state index in [1.165, 1.54) is 0 Å². The summed E-state index contributed by atoms with van der Waals surface area (Å²) in [7, 11) is 1.89. The zero-order valence-electron chi connectivity index (χ0n) is 7.64. The molecule has 1 aliphatic carbocycles. The van der Waals surface area contributed by atoms with E-state index in [2.05, 4.69) is 23.3 Å². The van der Waals surface area contributed by atoms with Gasteiger partial charge in [-0.2, -0.15) is 5.10 Å². The van der Waals surface area contributed by atoms with Crippen molar-refractivity contribution >= 4 is 5.69 Å². The van der Waals surface area contributed by atoms with Crippen molar-refractivity contribution in [2.24, 2.45) is 7.05 Å². The number of nitrogens with zero attached hydrogens (tertiary/aromatic N) is 2. The number of rotatable bonds is 1. The average molecular weight is 175 g/mol. The molecule has 0 saturated heterocycles. The van der Waals surface area contributed by atoms with Gasteiger partial charge in [-0.05, 0) is 6.42 Å². The molecule has 1 atom stereocenters. The highest BCUT2D eigenvalue weighted by atomic mass is 15.3. The Balaban J connectivity index is 2.30. The smallest absolute Gasteiger partial charge is 0.0925 e. The summed E-state index contributed by atoms with van der Waals surface area (Å²) in [6.45, 7) is 0. The van der Waals surface area contributed by atoms with E-state index in [9.17, 15) is 0 Å². The van der Waals surface area contributed by atoms with Crippen molar-refractivity contribution in [3.63, 3.8) is 0 Å². The lowest BCUT2D eigenvalue weighted by atomic mass is 9.97. The van der Waals surface area contributed by atoms with Crippen LogP contribution in [0.3, 0.4) is 0 Å². The zero-order valence-corrected chi connectivity index (χ0v) is 7.64. The zero-order chi connectivity index (χ0) is 9.26. The molecule has 0 fully saturated rings. The van der Waals surface area contributed by atoms with E-state index >= 15 is 0 Å². The van der Waals surface area contributed by atoms with E-state index in [1.54, 1.807) is 4.68 Å². The monoisotopic (exact) mass is 175 g/mol. The SMILES string of the molecule is Cn1cc(N)c(C2C=CC=CC2)n1. The molecule has 0 saturated carbocycles. The van der Waals surface area contributed by atoms with Crippen molar-refractivity contribution in [1.29, 1.82) is 0 Å². The number of hydrogen-bond donors (Lipinski definition) is 1. The topological polar surface area (TPSA) is 43.8 Å². The summed E-state index contributed by atoms with van der Waals surface area (Å²) in [5, 5.41) is 4.34. The van der Waals surface area contributed by atoms with Crippen LogP contribution in [0.2, 0.25) is 0 Å². The predicted octanol–water partition coefficient (Wildman–Crippen LogP) is 1.60. The first-order valence-electron chi connectivity index (χ1n) is 4.39. The van der Waals surface area contributed by atoms with Gasteiger partial charge in [-0.25, -0.2) is 0 Å². The fourth-order valence-electron chi connectivity index (χ4n) is 1.60. The minimum atomic E-state index is 0.353. The Kier molecular flexibility index (Phi) is 1.93. The summed E-state index contributed by atoms with van der Waals surface area (Å²) >= 11 is 0. The van der Waals surface area contributed by atoms with Crippen molar-refractivity contribution in [2.75, 3.05) is 5.73 Å². The van der Waals surface area contributed by atoms with Crippen molar-refractivity contribution in [3.8, 4) is 0 Å². The lowest BCUT2D eigenvalue weighted by Crippen LogP contribution is -2.01. The van der Waals surface area contributed by atoms with E-state index in [1.807, 2.05) is 19.3 Å². The van der Waals surface area contributed by atoms with Gasteiger partial charge in [0.2, 0.25) is 0 Å². The van der Waals surface area contributed by atoms with Crippen LogP contribution in [-0.4, -0.2) is 9.78 Å². The third kappa shape index (κ3) is 1.49. The van der Waals surface area contributed by atoms with E-state index in [-0.39, 0.29) is 0 Å². The number of aromatic nitrogens is 2. The fourth-order valence-corrected chi connectivity index (χ4v) is 1.60. The van der Waals surface area contributed by atoms with Crippen LogP contribution in [0.5, 0.6) is 0 Å². The van der Waals surface area contributed by atoms with Gasteiger partial charge >= 0.3 is 0 Å². The number of allylic oxidation sites excluding steroid dienone is 4. The van der Waals surface area contributed by atoms with Gasteiger partial charge in [-0.15, -0.1) is 0 Å². The van der Waals surface area contributed by atoms with Gasteiger partial charge in [0, 0.05) is 19.2 Å². The normalized spacial score (nSPS) is 20.8. The lowest BCUT2D eigenvalue weighted by molar-refractivity contribution is 0.714.